The van der Waals surface area contributed by atoms with Crippen molar-refractivity contribution < 1.29 is 9.53 Å². The SMILES string of the molecule is COc1cccc(NC(=O)C=Cc2c(C)nn(C)c2C)c1. The Labute approximate surface area is 124 Å². The van der Waals surface area contributed by atoms with Crippen LogP contribution in [0.3, 0.4) is 0 Å². The Morgan fingerprint density at radius 3 is 2.76 bits per heavy atom. The second-order valence-corrected chi connectivity index (χ2v) is 4.76. The lowest BCUT2D eigenvalue weighted by Crippen LogP contribution is -2.07. The highest BCUT2D eigenvalue weighted by molar-refractivity contribution is 6.02. The van der Waals surface area contributed by atoms with Crippen LogP contribution in [0.1, 0.15) is 17.0 Å². The van der Waals surface area contributed by atoms with Gasteiger partial charge in [0.15, 0.2) is 0 Å². The third-order valence-electron chi connectivity index (χ3n) is 3.30. The predicted octanol–water partition coefficient (Wildman–Crippen LogP) is 2.70. The van der Waals surface area contributed by atoms with Crippen LogP contribution >= 0.6 is 0 Å². The number of ether oxygens (including phenoxy) is 1. The summed E-state index contributed by atoms with van der Waals surface area (Å²) in [6.07, 6.45) is 3.30. The van der Waals surface area contributed by atoms with E-state index in [2.05, 4.69) is 10.4 Å². The zero-order valence-electron chi connectivity index (χ0n) is 12.7. The Hall–Kier alpha value is -2.56. The number of aromatic nitrogens is 2. The average molecular weight is 285 g/mol. The van der Waals surface area contributed by atoms with E-state index in [9.17, 15) is 4.79 Å². The number of benzene rings is 1. The molecule has 0 unspecified atom stereocenters. The topological polar surface area (TPSA) is 56.1 Å². The van der Waals surface area contributed by atoms with Crippen molar-refractivity contribution >= 4 is 17.7 Å². The quantitative estimate of drug-likeness (QED) is 0.879. The van der Waals surface area contributed by atoms with Crippen molar-refractivity contribution in [3.05, 3.63) is 47.3 Å². The summed E-state index contributed by atoms with van der Waals surface area (Å²) < 4.78 is 6.92. The van der Waals surface area contributed by atoms with E-state index in [0.717, 1.165) is 17.0 Å². The molecule has 0 spiro atoms. The molecule has 2 aromatic rings. The molecule has 2 rings (SSSR count). The minimum Gasteiger partial charge on any atom is -0.497 e. The maximum atomic E-state index is 11.9. The molecule has 0 saturated carbocycles. The van der Waals surface area contributed by atoms with Crippen molar-refractivity contribution in [3.8, 4) is 5.75 Å². The highest BCUT2D eigenvalue weighted by Gasteiger charge is 2.06. The van der Waals surface area contributed by atoms with Crippen molar-refractivity contribution in [3.63, 3.8) is 0 Å². The maximum Gasteiger partial charge on any atom is 0.248 e. The van der Waals surface area contributed by atoms with E-state index in [-0.39, 0.29) is 5.91 Å². The van der Waals surface area contributed by atoms with Crippen molar-refractivity contribution in [1.82, 2.24) is 9.78 Å². The number of hydrogen-bond donors (Lipinski definition) is 1. The Kier molecular flexibility index (Phi) is 4.42. The van der Waals surface area contributed by atoms with Crippen molar-refractivity contribution in [2.75, 3.05) is 12.4 Å². The third-order valence-corrected chi connectivity index (χ3v) is 3.30. The van der Waals surface area contributed by atoms with Crippen LogP contribution in [0, 0.1) is 13.8 Å². The molecule has 0 radical (unpaired) electrons. The van der Waals surface area contributed by atoms with Gasteiger partial charge in [0, 0.05) is 36.1 Å². The molecule has 0 aliphatic carbocycles. The molecule has 0 fully saturated rings. The lowest BCUT2D eigenvalue weighted by molar-refractivity contribution is -0.111. The van der Waals surface area contributed by atoms with Gasteiger partial charge in [-0.05, 0) is 32.1 Å². The molecule has 5 nitrogen and oxygen atoms in total. The number of carbonyl (C=O) groups excluding carboxylic acids is 1. The van der Waals surface area contributed by atoms with Crippen LogP contribution in [0.5, 0.6) is 5.75 Å². The molecule has 0 aliphatic rings. The van der Waals surface area contributed by atoms with Crippen LogP contribution in [0.4, 0.5) is 5.69 Å². The van der Waals surface area contributed by atoms with Crippen LogP contribution < -0.4 is 10.1 Å². The normalized spacial score (nSPS) is 10.9. The van der Waals surface area contributed by atoms with Gasteiger partial charge >= 0.3 is 0 Å². The molecule has 0 saturated heterocycles. The fraction of sp³-hybridized carbons (Fsp3) is 0.250. The molecule has 0 aliphatic heterocycles. The fourth-order valence-electron chi connectivity index (χ4n) is 2.07. The van der Waals surface area contributed by atoms with Gasteiger partial charge in [0.2, 0.25) is 5.91 Å². The fourth-order valence-corrected chi connectivity index (χ4v) is 2.07. The Balaban J connectivity index is 2.09. The van der Waals surface area contributed by atoms with E-state index in [1.807, 2.05) is 39.1 Å². The summed E-state index contributed by atoms with van der Waals surface area (Å²) >= 11 is 0. The lowest BCUT2D eigenvalue weighted by atomic mass is 10.2. The van der Waals surface area contributed by atoms with E-state index in [4.69, 9.17) is 4.74 Å². The van der Waals surface area contributed by atoms with Gasteiger partial charge in [0.25, 0.3) is 0 Å². The molecule has 1 amide bonds. The van der Waals surface area contributed by atoms with Gasteiger partial charge in [-0.25, -0.2) is 0 Å². The summed E-state index contributed by atoms with van der Waals surface area (Å²) in [5, 5.41) is 7.11. The Morgan fingerprint density at radius 1 is 1.38 bits per heavy atom. The van der Waals surface area contributed by atoms with Crippen molar-refractivity contribution in [1.29, 1.82) is 0 Å². The zero-order chi connectivity index (χ0) is 15.4. The predicted molar refractivity (Wildman–Crippen MR) is 83.3 cm³/mol. The largest absolute Gasteiger partial charge is 0.497 e. The van der Waals surface area contributed by atoms with E-state index >= 15 is 0 Å². The third kappa shape index (κ3) is 3.51. The Bertz CT molecular complexity index is 687. The van der Waals surface area contributed by atoms with Gasteiger partial charge in [-0.15, -0.1) is 0 Å². The minimum atomic E-state index is -0.189. The molecular weight excluding hydrogens is 266 g/mol. The zero-order valence-corrected chi connectivity index (χ0v) is 12.7. The Morgan fingerprint density at radius 2 is 2.14 bits per heavy atom. The molecule has 5 heteroatoms. The molecule has 1 aromatic heterocycles. The van der Waals surface area contributed by atoms with E-state index in [1.54, 1.807) is 23.9 Å². The molecule has 0 atom stereocenters. The van der Waals surface area contributed by atoms with Gasteiger partial charge in [0.1, 0.15) is 5.75 Å². The summed E-state index contributed by atoms with van der Waals surface area (Å²) in [6.45, 7) is 3.90. The first kappa shape index (κ1) is 14.8. The second-order valence-electron chi connectivity index (χ2n) is 4.76. The van der Waals surface area contributed by atoms with Gasteiger partial charge in [-0.2, -0.15) is 5.10 Å². The number of carbonyl (C=O) groups is 1. The first-order valence-corrected chi connectivity index (χ1v) is 6.64. The number of aryl methyl sites for hydroxylation is 2. The first-order valence-electron chi connectivity index (χ1n) is 6.64. The molecule has 21 heavy (non-hydrogen) atoms. The lowest BCUT2D eigenvalue weighted by Gasteiger charge is -2.04. The summed E-state index contributed by atoms with van der Waals surface area (Å²) in [6, 6.07) is 7.24. The second kappa shape index (κ2) is 6.26. The molecule has 110 valence electrons. The van der Waals surface area contributed by atoms with Gasteiger partial charge < -0.3 is 10.1 Å². The van der Waals surface area contributed by atoms with Crippen LogP contribution in [0.15, 0.2) is 30.3 Å². The first-order chi connectivity index (χ1) is 10.0. The number of nitrogens with zero attached hydrogens (tertiary/aromatic N) is 2. The van der Waals surface area contributed by atoms with Crippen LogP contribution in [-0.4, -0.2) is 22.8 Å². The van der Waals surface area contributed by atoms with Crippen molar-refractivity contribution in [2.45, 2.75) is 13.8 Å². The molecule has 1 heterocycles. The van der Waals surface area contributed by atoms with Gasteiger partial charge in [0.05, 0.1) is 12.8 Å². The summed E-state index contributed by atoms with van der Waals surface area (Å²) in [4.78, 5) is 11.9. The van der Waals surface area contributed by atoms with Crippen LogP contribution in [-0.2, 0) is 11.8 Å². The molecular formula is C16H19N3O2. The van der Waals surface area contributed by atoms with E-state index < -0.39 is 0 Å². The van der Waals surface area contributed by atoms with E-state index in [0.29, 0.717) is 11.4 Å². The number of amides is 1. The number of rotatable bonds is 4. The highest BCUT2D eigenvalue weighted by atomic mass is 16.5. The van der Waals surface area contributed by atoms with Crippen LogP contribution in [0.25, 0.3) is 6.08 Å². The number of anilines is 1. The van der Waals surface area contributed by atoms with Crippen molar-refractivity contribution in [2.24, 2.45) is 7.05 Å². The molecule has 1 aromatic carbocycles. The smallest absolute Gasteiger partial charge is 0.248 e. The number of nitrogens with one attached hydrogen (secondary N) is 1. The van der Waals surface area contributed by atoms with E-state index in [1.165, 1.54) is 6.08 Å². The van der Waals surface area contributed by atoms with Crippen LogP contribution in [0.2, 0.25) is 0 Å². The number of methoxy groups -OCH3 is 1. The van der Waals surface area contributed by atoms with Gasteiger partial charge in [-0.1, -0.05) is 6.07 Å². The summed E-state index contributed by atoms with van der Waals surface area (Å²) in [7, 11) is 3.48. The maximum absolute atomic E-state index is 11.9. The molecule has 0 bridgehead atoms. The standard InChI is InChI=1S/C16H19N3O2/c1-11-15(12(2)19(3)18-11)8-9-16(20)17-13-6-5-7-14(10-13)21-4/h5-10H,1-4H3,(H,17,20). The highest BCUT2D eigenvalue weighted by Crippen LogP contribution is 2.17. The summed E-state index contributed by atoms with van der Waals surface area (Å²) in [5.74, 6) is 0.515. The average Bonchev–Trinajstić information content (AvgIpc) is 2.70. The summed E-state index contributed by atoms with van der Waals surface area (Å²) in [5.41, 5.74) is 3.60. The minimum absolute atomic E-state index is 0.189. The monoisotopic (exact) mass is 285 g/mol. The molecule has 1 N–H and O–H groups in total. The number of hydrogen-bond acceptors (Lipinski definition) is 3. The van der Waals surface area contributed by atoms with Gasteiger partial charge in [-0.3, -0.25) is 9.48 Å².